The van der Waals surface area contributed by atoms with Gasteiger partial charge in [-0.25, -0.2) is 4.39 Å². The minimum Gasteiger partial charge on any atom is -0.382 e. The molecule has 0 spiro atoms. The Balaban J connectivity index is 2.88. The first-order valence-corrected chi connectivity index (χ1v) is 4.15. The number of aryl methyl sites for hydroxylation is 1. The monoisotopic (exact) mass is 179 g/mol. The van der Waals surface area contributed by atoms with E-state index in [-0.39, 0.29) is 5.82 Å². The standard InChI is InChI=1S/C9H10FN3/c1-2-5-6(10)3-4-7-8(5)9(11)13-12-7/h3-4H,2H2,1H3,(H3,11,12,13). The van der Waals surface area contributed by atoms with E-state index < -0.39 is 0 Å². The number of aromatic amines is 1. The Labute approximate surface area is 74.7 Å². The van der Waals surface area contributed by atoms with Crippen LogP contribution in [0.1, 0.15) is 12.5 Å². The van der Waals surface area contributed by atoms with Gasteiger partial charge in [-0.2, -0.15) is 5.10 Å². The number of nitrogens with zero attached hydrogens (tertiary/aromatic N) is 1. The smallest absolute Gasteiger partial charge is 0.153 e. The molecule has 0 aliphatic heterocycles. The summed E-state index contributed by atoms with van der Waals surface area (Å²) in [6.07, 6.45) is 0.618. The Kier molecular flexibility index (Phi) is 1.69. The molecule has 68 valence electrons. The zero-order valence-corrected chi connectivity index (χ0v) is 7.26. The summed E-state index contributed by atoms with van der Waals surface area (Å²) in [4.78, 5) is 0. The summed E-state index contributed by atoms with van der Waals surface area (Å²) >= 11 is 0. The lowest BCUT2D eigenvalue weighted by molar-refractivity contribution is 0.615. The highest BCUT2D eigenvalue weighted by Crippen LogP contribution is 2.24. The van der Waals surface area contributed by atoms with Gasteiger partial charge in [0.05, 0.1) is 5.52 Å². The minimum atomic E-state index is -0.219. The lowest BCUT2D eigenvalue weighted by Gasteiger charge is -2.00. The first kappa shape index (κ1) is 8.04. The molecule has 4 heteroatoms. The number of nitrogen functional groups attached to an aromatic ring is 1. The highest BCUT2D eigenvalue weighted by molar-refractivity contribution is 5.91. The predicted octanol–water partition coefficient (Wildman–Crippen LogP) is 1.85. The van der Waals surface area contributed by atoms with Gasteiger partial charge in [0.1, 0.15) is 5.82 Å². The molecule has 3 nitrogen and oxygen atoms in total. The molecule has 0 aliphatic rings. The molecule has 0 bridgehead atoms. The van der Waals surface area contributed by atoms with Crippen molar-refractivity contribution in [2.45, 2.75) is 13.3 Å². The van der Waals surface area contributed by atoms with E-state index in [0.717, 1.165) is 5.52 Å². The van der Waals surface area contributed by atoms with Crippen molar-refractivity contribution in [3.63, 3.8) is 0 Å². The van der Waals surface area contributed by atoms with Crippen LogP contribution in [0.15, 0.2) is 12.1 Å². The number of hydrogen-bond acceptors (Lipinski definition) is 2. The highest BCUT2D eigenvalue weighted by Gasteiger charge is 2.10. The van der Waals surface area contributed by atoms with Crippen LogP contribution < -0.4 is 5.73 Å². The molecule has 1 aromatic heterocycles. The Morgan fingerprint density at radius 3 is 3.00 bits per heavy atom. The van der Waals surface area contributed by atoms with Crippen LogP contribution in [-0.4, -0.2) is 10.2 Å². The van der Waals surface area contributed by atoms with Crippen LogP contribution in [-0.2, 0) is 6.42 Å². The van der Waals surface area contributed by atoms with Crippen LogP contribution in [0.25, 0.3) is 10.9 Å². The van der Waals surface area contributed by atoms with Gasteiger partial charge in [-0.3, -0.25) is 5.10 Å². The minimum absolute atomic E-state index is 0.219. The number of benzene rings is 1. The van der Waals surface area contributed by atoms with Crippen molar-refractivity contribution in [1.29, 1.82) is 0 Å². The van der Waals surface area contributed by atoms with Crippen molar-refractivity contribution in [2.75, 3.05) is 5.73 Å². The van der Waals surface area contributed by atoms with Crippen LogP contribution in [0, 0.1) is 5.82 Å². The van der Waals surface area contributed by atoms with Gasteiger partial charge in [0.25, 0.3) is 0 Å². The number of aromatic nitrogens is 2. The summed E-state index contributed by atoms with van der Waals surface area (Å²) < 4.78 is 13.3. The zero-order valence-electron chi connectivity index (χ0n) is 7.26. The van der Waals surface area contributed by atoms with Crippen molar-refractivity contribution in [2.24, 2.45) is 0 Å². The fourth-order valence-corrected chi connectivity index (χ4v) is 1.53. The van der Waals surface area contributed by atoms with Crippen molar-refractivity contribution >= 4 is 16.7 Å². The average molecular weight is 179 g/mol. The zero-order chi connectivity index (χ0) is 9.42. The van der Waals surface area contributed by atoms with Gasteiger partial charge in [-0.05, 0) is 18.6 Å². The molecule has 0 amide bonds. The van der Waals surface area contributed by atoms with E-state index in [9.17, 15) is 4.39 Å². The second-order valence-corrected chi connectivity index (χ2v) is 2.91. The third-order valence-electron chi connectivity index (χ3n) is 2.16. The molecule has 0 atom stereocenters. The second-order valence-electron chi connectivity index (χ2n) is 2.91. The summed E-state index contributed by atoms with van der Waals surface area (Å²) in [7, 11) is 0. The number of H-pyrrole nitrogens is 1. The number of hydrogen-bond donors (Lipinski definition) is 2. The van der Waals surface area contributed by atoms with Crippen molar-refractivity contribution in [3.8, 4) is 0 Å². The number of nitrogens with two attached hydrogens (primary N) is 1. The summed E-state index contributed by atoms with van der Waals surface area (Å²) in [5, 5.41) is 7.29. The van der Waals surface area contributed by atoms with Crippen LogP contribution in [0.3, 0.4) is 0 Å². The van der Waals surface area contributed by atoms with Crippen molar-refractivity contribution < 1.29 is 4.39 Å². The molecule has 0 unspecified atom stereocenters. The van der Waals surface area contributed by atoms with Gasteiger partial charge >= 0.3 is 0 Å². The third-order valence-corrected chi connectivity index (χ3v) is 2.16. The maximum absolute atomic E-state index is 13.3. The molecule has 0 saturated heterocycles. The van der Waals surface area contributed by atoms with Crippen LogP contribution in [0.4, 0.5) is 10.2 Å². The summed E-state index contributed by atoms with van der Waals surface area (Å²) in [5.74, 6) is 0.148. The Hall–Kier alpha value is -1.58. The van der Waals surface area contributed by atoms with Gasteiger partial charge < -0.3 is 5.73 Å². The van der Waals surface area contributed by atoms with E-state index >= 15 is 0 Å². The summed E-state index contributed by atoms with van der Waals surface area (Å²) in [6.45, 7) is 1.89. The Morgan fingerprint density at radius 1 is 1.54 bits per heavy atom. The lowest BCUT2D eigenvalue weighted by atomic mass is 10.1. The molecule has 0 saturated carbocycles. The largest absolute Gasteiger partial charge is 0.382 e. The van der Waals surface area contributed by atoms with Gasteiger partial charge in [-0.15, -0.1) is 0 Å². The normalized spacial score (nSPS) is 10.9. The molecule has 2 aromatic rings. The number of rotatable bonds is 1. The van der Waals surface area contributed by atoms with Gasteiger partial charge in [-0.1, -0.05) is 6.92 Å². The third kappa shape index (κ3) is 1.06. The van der Waals surface area contributed by atoms with E-state index in [1.54, 1.807) is 6.07 Å². The molecule has 13 heavy (non-hydrogen) atoms. The number of nitrogens with one attached hydrogen (secondary N) is 1. The SMILES string of the molecule is CCc1c(F)ccc2[nH]nc(N)c12. The van der Waals surface area contributed by atoms with Crippen LogP contribution >= 0.6 is 0 Å². The van der Waals surface area contributed by atoms with E-state index in [4.69, 9.17) is 5.73 Å². The van der Waals surface area contributed by atoms with E-state index in [0.29, 0.717) is 23.2 Å². The Morgan fingerprint density at radius 2 is 2.31 bits per heavy atom. The van der Waals surface area contributed by atoms with Crippen LogP contribution in [0.5, 0.6) is 0 Å². The van der Waals surface area contributed by atoms with Crippen LogP contribution in [0.2, 0.25) is 0 Å². The molecule has 3 N–H and O–H groups in total. The Bertz CT molecular complexity index is 447. The first-order valence-electron chi connectivity index (χ1n) is 4.15. The quantitative estimate of drug-likeness (QED) is 0.701. The van der Waals surface area contributed by atoms with E-state index in [1.807, 2.05) is 6.92 Å². The molecule has 0 aliphatic carbocycles. The fraction of sp³-hybridized carbons (Fsp3) is 0.222. The van der Waals surface area contributed by atoms with Gasteiger partial charge in [0, 0.05) is 10.9 Å². The molecule has 0 fully saturated rings. The first-order chi connectivity index (χ1) is 6.24. The number of halogens is 1. The molecular weight excluding hydrogens is 169 g/mol. The summed E-state index contributed by atoms with van der Waals surface area (Å²) in [6, 6.07) is 3.08. The maximum Gasteiger partial charge on any atom is 0.153 e. The predicted molar refractivity (Wildman–Crippen MR) is 49.8 cm³/mol. The molecule has 1 aromatic carbocycles. The number of anilines is 1. The molecule has 1 heterocycles. The maximum atomic E-state index is 13.3. The topological polar surface area (TPSA) is 54.7 Å². The fourth-order valence-electron chi connectivity index (χ4n) is 1.53. The van der Waals surface area contributed by atoms with Crippen molar-refractivity contribution in [1.82, 2.24) is 10.2 Å². The molecular formula is C9H10FN3. The van der Waals surface area contributed by atoms with Crippen molar-refractivity contribution in [3.05, 3.63) is 23.5 Å². The molecule has 0 radical (unpaired) electrons. The summed E-state index contributed by atoms with van der Waals surface area (Å²) in [5.41, 5.74) is 7.03. The van der Waals surface area contributed by atoms with Gasteiger partial charge in [0.15, 0.2) is 5.82 Å². The van der Waals surface area contributed by atoms with E-state index in [2.05, 4.69) is 10.2 Å². The molecule has 2 rings (SSSR count). The highest BCUT2D eigenvalue weighted by atomic mass is 19.1. The van der Waals surface area contributed by atoms with E-state index in [1.165, 1.54) is 6.07 Å². The number of fused-ring (bicyclic) bond motifs is 1. The average Bonchev–Trinajstić information content (AvgIpc) is 2.49. The van der Waals surface area contributed by atoms with Gasteiger partial charge in [0.2, 0.25) is 0 Å². The second kappa shape index (κ2) is 2.73. The lowest BCUT2D eigenvalue weighted by Crippen LogP contribution is -1.91.